The van der Waals surface area contributed by atoms with Gasteiger partial charge in [0.2, 0.25) is 0 Å². The molecule has 4 heteroatoms. The fourth-order valence-electron chi connectivity index (χ4n) is 1.65. The molecule has 1 heterocycles. The maximum atomic E-state index is 6.18. The molecule has 0 aliphatic carbocycles. The van der Waals surface area contributed by atoms with Crippen LogP contribution in [-0.2, 0) is 6.42 Å². The predicted molar refractivity (Wildman–Crippen MR) is 78.2 cm³/mol. The summed E-state index contributed by atoms with van der Waals surface area (Å²) in [5.41, 5.74) is 7.36. The second-order valence-corrected chi connectivity index (χ2v) is 6.47. The van der Waals surface area contributed by atoms with Crippen molar-refractivity contribution in [2.75, 3.05) is 6.26 Å². The largest absolute Gasteiger partial charge is 0.324 e. The molecule has 1 atom stereocenters. The summed E-state index contributed by atoms with van der Waals surface area (Å²) in [5.74, 6) is 0. The Morgan fingerprint density at radius 3 is 2.47 bits per heavy atom. The van der Waals surface area contributed by atoms with Gasteiger partial charge < -0.3 is 5.73 Å². The van der Waals surface area contributed by atoms with E-state index < -0.39 is 0 Å². The van der Waals surface area contributed by atoms with E-state index in [2.05, 4.69) is 30.5 Å². The summed E-state index contributed by atoms with van der Waals surface area (Å²) < 4.78 is 0.824. The van der Waals surface area contributed by atoms with Crippen LogP contribution in [0.3, 0.4) is 0 Å². The SMILES string of the molecule is CSc1ccc(C(N)Cc2ccc(Cl)s2)cc1. The number of thiophene rings is 1. The molecule has 0 saturated carbocycles. The fraction of sp³-hybridized carbons (Fsp3) is 0.231. The number of benzene rings is 1. The number of hydrogen-bond donors (Lipinski definition) is 1. The Bertz CT molecular complexity index is 478. The minimum absolute atomic E-state index is 0.0422. The third-order valence-corrected chi connectivity index (χ3v) is 4.59. The second kappa shape index (κ2) is 5.91. The maximum Gasteiger partial charge on any atom is 0.0931 e. The van der Waals surface area contributed by atoms with E-state index in [0.717, 1.165) is 10.8 Å². The number of rotatable bonds is 4. The van der Waals surface area contributed by atoms with Crippen LogP contribution in [0.5, 0.6) is 0 Å². The van der Waals surface area contributed by atoms with Gasteiger partial charge in [0.15, 0.2) is 0 Å². The Morgan fingerprint density at radius 2 is 1.94 bits per heavy atom. The van der Waals surface area contributed by atoms with Gasteiger partial charge in [0.1, 0.15) is 0 Å². The van der Waals surface area contributed by atoms with Gasteiger partial charge in [0.25, 0.3) is 0 Å². The molecule has 0 amide bonds. The van der Waals surface area contributed by atoms with Crippen molar-refractivity contribution >= 4 is 34.7 Å². The van der Waals surface area contributed by atoms with Gasteiger partial charge in [-0.05, 0) is 36.1 Å². The molecule has 2 rings (SSSR count). The molecule has 1 aromatic carbocycles. The van der Waals surface area contributed by atoms with Crippen LogP contribution in [0.15, 0.2) is 41.3 Å². The molecule has 0 aliphatic rings. The van der Waals surface area contributed by atoms with E-state index in [9.17, 15) is 0 Å². The van der Waals surface area contributed by atoms with E-state index in [0.29, 0.717) is 0 Å². The van der Waals surface area contributed by atoms with E-state index in [1.54, 1.807) is 23.1 Å². The topological polar surface area (TPSA) is 26.0 Å². The highest BCUT2D eigenvalue weighted by atomic mass is 35.5. The molecule has 1 aromatic heterocycles. The van der Waals surface area contributed by atoms with Gasteiger partial charge in [-0.3, -0.25) is 0 Å². The van der Waals surface area contributed by atoms with Gasteiger partial charge in [-0.15, -0.1) is 23.1 Å². The zero-order valence-electron chi connectivity index (χ0n) is 9.52. The summed E-state index contributed by atoms with van der Waals surface area (Å²) in [6.45, 7) is 0. The molecule has 2 N–H and O–H groups in total. The van der Waals surface area contributed by atoms with Crippen molar-refractivity contribution in [3.05, 3.63) is 51.2 Å². The molecule has 0 radical (unpaired) electrons. The third-order valence-electron chi connectivity index (χ3n) is 2.59. The van der Waals surface area contributed by atoms with Crippen LogP contribution in [-0.4, -0.2) is 6.26 Å². The molecule has 1 nitrogen and oxygen atoms in total. The normalized spacial score (nSPS) is 12.6. The summed E-state index contributed by atoms with van der Waals surface area (Å²) >= 11 is 9.24. The first kappa shape index (κ1) is 13.0. The molecule has 0 spiro atoms. The van der Waals surface area contributed by atoms with E-state index in [1.807, 2.05) is 12.1 Å². The first-order valence-corrected chi connectivity index (χ1v) is 7.74. The highest BCUT2D eigenvalue weighted by Gasteiger charge is 2.08. The molecular weight excluding hydrogens is 270 g/mol. The third kappa shape index (κ3) is 3.49. The minimum Gasteiger partial charge on any atom is -0.324 e. The Balaban J connectivity index is 2.06. The Hall–Kier alpha value is -0.480. The number of halogens is 1. The van der Waals surface area contributed by atoms with Crippen molar-refractivity contribution in [2.45, 2.75) is 17.4 Å². The number of nitrogens with two attached hydrogens (primary N) is 1. The standard InChI is InChI=1S/C13H14ClNS2/c1-16-10-4-2-9(3-5-10)12(15)8-11-6-7-13(14)17-11/h2-7,12H,8,15H2,1H3. The first-order valence-electron chi connectivity index (χ1n) is 5.33. The molecule has 0 saturated heterocycles. The first-order chi connectivity index (χ1) is 8.19. The van der Waals surface area contributed by atoms with Gasteiger partial charge in [-0.25, -0.2) is 0 Å². The lowest BCUT2D eigenvalue weighted by atomic mass is 10.0. The van der Waals surface area contributed by atoms with Crippen LogP contribution in [0.2, 0.25) is 4.34 Å². The van der Waals surface area contributed by atoms with Crippen molar-refractivity contribution in [1.29, 1.82) is 0 Å². The lowest BCUT2D eigenvalue weighted by Crippen LogP contribution is -2.12. The molecule has 90 valence electrons. The molecule has 2 aromatic rings. The Kier molecular flexibility index (Phi) is 4.51. The highest BCUT2D eigenvalue weighted by Crippen LogP contribution is 2.26. The van der Waals surface area contributed by atoms with Crippen LogP contribution in [0.1, 0.15) is 16.5 Å². The van der Waals surface area contributed by atoms with E-state index in [-0.39, 0.29) is 6.04 Å². The zero-order chi connectivity index (χ0) is 12.3. The quantitative estimate of drug-likeness (QED) is 0.844. The summed E-state index contributed by atoms with van der Waals surface area (Å²) in [4.78, 5) is 2.50. The van der Waals surface area contributed by atoms with Gasteiger partial charge in [0.05, 0.1) is 4.34 Å². The van der Waals surface area contributed by atoms with Crippen LogP contribution in [0, 0.1) is 0 Å². The molecule has 0 fully saturated rings. The molecule has 1 unspecified atom stereocenters. The Morgan fingerprint density at radius 1 is 1.24 bits per heavy atom. The smallest absolute Gasteiger partial charge is 0.0931 e. The van der Waals surface area contributed by atoms with Gasteiger partial charge in [0, 0.05) is 22.2 Å². The molecular formula is C13H14ClNS2. The van der Waals surface area contributed by atoms with Gasteiger partial charge in [-0.2, -0.15) is 0 Å². The van der Waals surface area contributed by atoms with Gasteiger partial charge in [-0.1, -0.05) is 23.7 Å². The summed E-state index contributed by atoms with van der Waals surface area (Å²) in [7, 11) is 0. The lowest BCUT2D eigenvalue weighted by Gasteiger charge is -2.11. The van der Waals surface area contributed by atoms with Crippen LogP contribution >= 0.6 is 34.7 Å². The minimum atomic E-state index is 0.0422. The van der Waals surface area contributed by atoms with Crippen LogP contribution in [0.25, 0.3) is 0 Å². The lowest BCUT2D eigenvalue weighted by molar-refractivity contribution is 0.729. The van der Waals surface area contributed by atoms with Gasteiger partial charge >= 0.3 is 0 Å². The van der Waals surface area contributed by atoms with Crippen molar-refractivity contribution in [2.24, 2.45) is 5.73 Å². The predicted octanol–water partition coefficient (Wildman–Crippen LogP) is 4.37. The highest BCUT2D eigenvalue weighted by molar-refractivity contribution is 7.98. The van der Waals surface area contributed by atoms with E-state index >= 15 is 0 Å². The Labute approximate surface area is 115 Å². The zero-order valence-corrected chi connectivity index (χ0v) is 11.9. The summed E-state index contributed by atoms with van der Waals surface area (Å²) in [6.07, 6.45) is 2.92. The van der Waals surface area contributed by atoms with Crippen LogP contribution in [0.4, 0.5) is 0 Å². The van der Waals surface area contributed by atoms with Crippen molar-refractivity contribution in [3.63, 3.8) is 0 Å². The van der Waals surface area contributed by atoms with E-state index in [1.165, 1.54) is 15.3 Å². The molecule has 17 heavy (non-hydrogen) atoms. The molecule has 0 bridgehead atoms. The van der Waals surface area contributed by atoms with Crippen molar-refractivity contribution < 1.29 is 0 Å². The monoisotopic (exact) mass is 283 g/mol. The van der Waals surface area contributed by atoms with Crippen molar-refractivity contribution in [1.82, 2.24) is 0 Å². The average Bonchev–Trinajstić information content (AvgIpc) is 2.75. The average molecular weight is 284 g/mol. The van der Waals surface area contributed by atoms with Crippen molar-refractivity contribution in [3.8, 4) is 0 Å². The number of hydrogen-bond acceptors (Lipinski definition) is 3. The van der Waals surface area contributed by atoms with Crippen LogP contribution < -0.4 is 5.73 Å². The summed E-state index contributed by atoms with van der Waals surface area (Å²) in [6, 6.07) is 12.4. The number of thioether (sulfide) groups is 1. The summed E-state index contributed by atoms with van der Waals surface area (Å²) in [5, 5.41) is 0. The molecule has 0 aliphatic heterocycles. The van der Waals surface area contributed by atoms with E-state index in [4.69, 9.17) is 17.3 Å². The maximum absolute atomic E-state index is 6.18. The second-order valence-electron chi connectivity index (χ2n) is 3.79. The fourth-order valence-corrected chi connectivity index (χ4v) is 3.20.